The topological polar surface area (TPSA) is 15.3 Å². The van der Waals surface area contributed by atoms with Gasteiger partial charge in [-0.05, 0) is 31.8 Å². The van der Waals surface area contributed by atoms with Gasteiger partial charge in [0.15, 0.2) is 0 Å². The quantitative estimate of drug-likeness (QED) is 0.718. The summed E-state index contributed by atoms with van der Waals surface area (Å²) in [4.78, 5) is 2.75. The molecule has 1 aliphatic carbocycles. The summed E-state index contributed by atoms with van der Waals surface area (Å²) < 4.78 is 0. The fourth-order valence-corrected chi connectivity index (χ4v) is 3.03. The maximum absolute atomic E-state index is 3.53. The largest absolute Gasteiger partial charge is 0.315 e. The molecule has 0 spiro atoms. The fourth-order valence-electron chi connectivity index (χ4n) is 3.03. The van der Waals surface area contributed by atoms with Gasteiger partial charge in [0, 0.05) is 18.6 Å². The third kappa shape index (κ3) is 3.74. The minimum absolute atomic E-state index is 0.716. The Morgan fingerprint density at radius 1 is 1.19 bits per heavy atom. The Balaban J connectivity index is 2.56. The van der Waals surface area contributed by atoms with E-state index in [1.165, 1.54) is 32.2 Å². The van der Waals surface area contributed by atoms with Gasteiger partial charge in [0.2, 0.25) is 0 Å². The maximum Gasteiger partial charge on any atom is 0.0246 e. The zero-order valence-corrected chi connectivity index (χ0v) is 11.6. The van der Waals surface area contributed by atoms with Crippen molar-refractivity contribution in [1.29, 1.82) is 0 Å². The molecule has 1 atom stereocenters. The van der Waals surface area contributed by atoms with Gasteiger partial charge in [0.1, 0.15) is 0 Å². The standard InChI is InChI=1S/C14H30N2/c1-5-15-11-14(12(3)4)16(6-2)13-9-7-8-10-13/h12-15H,5-11H2,1-4H3. The molecule has 1 aliphatic rings. The summed E-state index contributed by atoms with van der Waals surface area (Å²) in [7, 11) is 0. The lowest BCUT2D eigenvalue weighted by Crippen LogP contribution is -2.49. The van der Waals surface area contributed by atoms with Crippen LogP contribution in [0.1, 0.15) is 53.4 Å². The number of nitrogens with one attached hydrogen (secondary N) is 1. The molecule has 0 aromatic carbocycles. The smallest absolute Gasteiger partial charge is 0.0246 e. The predicted octanol–water partition coefficient (Wildman–Crippen LogP) is 2.89. The first kappa shape index (κ1) is 14.0. The number of likely N-dealkylation sites (N-methyl/N-ethyl adjacent to an activating group) is 2. The third-order valence-electron chi connectivity index (χ3n) is 3.96. The molecule has 1 N–H and O–H groups in total. The lowest BCUT2D eigenvalue weighted by molar-refractivity contribution is 0.108. The lowest BCUT2D eigenvalue weighted by Gasteiger charge is -2.38. The summed E-state index contributed by atoms with van der Waals surface area (Å²) in [6.45, 7) is 12.7. The van der Waals surface area contributed by atoms with Crippen LogP contribution in [-0.2, 0) is 0 Å². The first-order valence-electron chi connectivity index (χ1n) is 7.17. The van der Waals surface area contributed by atoms with E-state index < -0.39 is 0 Å². The second-order valence-electron chi connectivity index (χ2n) is 5.39. The molecule has 1 fully saturated rings. The summed E-state index contributed by atoms with van der Waals surface area (Å²) in [5, 5.41) is 3.53. The van der Waals surface area contributed by atoms with Crippen molar-refractivity contribution in [2.24, 2.45) is 5.92 Å². The van der Waals surface area contributed by atoms with Gasteiger partial charge in [-0.1, -0.05) is 40.5 Å². The molecule has 0 saturated heterocycles. The zero-order chi connectivity index (χ0) is 12.0. The summed E-state index contributed by atoms with van der Waals surface area (Å²) >= 11 is 0. The molecule has 1 unspecified atom stereocenters. The number of hydrogen-bond donors (Lipinski definition) is 1. The van der Waals surface area contributed by atoms with Crippen LogP contribution in [0, 0.1) is 5.92 Å². The van der Waals surface area contributed by atoms with Crippen molar-refractivity contribution in [2.75, 3.05) is 19.6 Å². The summed E-state index contributed by atoms with van der Waals surface area (Å²) in [6.07, 6.45) is 5.72. The van der Waals surface area contributed by atoms with E-state index in [1.54, 1.807) is 0 Å². The molecule has 1 saturated carbocycles. The van der Waals surface area contributed by atoms with Crippen LogP contribution in [0.25, 0.3) is 0 Å². The highest BCUT2D eigenvalue weighted by Crippen LogP contribution is 2.26. The van der Waals surface area contributed by atoms with Crippen molar-refractivity contribution in [1.82, 2.24) is 10.2 Å². The van der Waals surface area contributed by atoms with E-state index in [0.717, 1.165) is 25.0 Å². The third-order valence-corrected chi connectivity index (χ3v) is 3.96. The first-order valence-corrected chi connectivity index (χ1v) is 7.17. The first-order chi connectivity index (χ1) is 7.70. The van der Waals surface area contributed by atoms with Crippen molar-refractivity contribution in [3.63, 3.8) is 0 Å². The molecule has 16 heavy (non-hydrogen) atoms. The molecule has 0 aromatic rings. The van der Waals surface area contributed by atoms with Crippen LogP contribution in [0.15, 0.2) is 0 Å². The molecule has 0 aliphatic heterocycles. The molecule has 0 bridgehead atoms. The Morgan fingerprint density at radius 3 is 2.25 bits per heavy atom. The highest BCUT2D eigenvalue weighted by Gasteiger charge is 2.28. The molecule has 96 valence electrons. The van der Waals surface area contributed by atoms with E-state index in [0.29, 0.717) is 6.04 Å². The summed E-state index contributed by atoms with van der Waals surface area (Å²) in [5.74, 6) is 0.750. The van der Waals surface area contributed by atoms with E-state index in [-0.39, 0.29) is 0 Å². The van der Waals surface area contributed by atoms with E-state index >= 15 is 0 Å². The Hall–Kier alpha value is -0.0800. The van der Waals surface area contributed by atoms with Crippen LogP contribution in [0.4, 0.5) is 0 Å². The maximum atomic E-state index is 3.53. The Kier molecular flexibility index (Phi) is 6.37. The molecule has 0 radical (unpaired) electrons. The minimum atomic E-state index is 0.716. The van der Waals surface area contributed by atoms with Crippen LogP contribution >= 0.6 is 0 Å². The van der Waals surface area contributed by atoms with Gasteiger partial charge in [-0.15, -0.1) is 0 Å². The highest BCUT2D eigenvalue weighted by atomic mass is 15.2. The fraction of sp³-hybridized carbons (Fsp3) is 1.00. The van der Waals surface area contributed by atoms with Crippen molar-refractivity contribution in [3.8, 4) is 0 Å². The zero-order valence-electron chi connectivity index (χ0n) is 11.6. The van der Waals surface area contributed by atoms with Gasteiger partial charge >= 0.3 is 0 Å². The molecule has 2 heteroatoms. The predicted molar refractivity (Wildman–Crippen MR) is 71.8 cm³/mol. The van der Waals surface area contributed by atoms with Crippen molar-refractivity contribution in [3.05, 3.63) is 0 Å². The van der Waals surface area contributed by atoms with E-state index in [9.17, 15) is 0 Å². The van der Waals surface area contributed by atoms with Crippen LogP contribution in [0.3, 0.4) is 0 Å². The van der Waals surface area contributed by atoms with Crippen LogP contribution < -0.4 is 5.32 Å². The van der Waals surface area contributed by atoms with Crippen LogP contribution in [0.2, 0.25) is 0 Å². The minimum Gasteiger partial charge on any atom is -0.315 e. The van der Waals surface area contributed by atoms with Crippen molar-refractivity contribution >= 4 is 0 Å². The molecule has 0 heterocycles. The SMILES string of the molecule is CCNCC(C(C)C)N(CC)C1CCCC1. The lowest BCUT2D eigenvalue weighted by atomic mass is 9.99. The average Bonchev–Trinajstić information content (AvgIpc) is 2.76. The van der Waals surface area contributed by atoms with Crippen LogP contribution in [0.5, 0.6) is 0 Å². The Bertz CT molecular complexity index is 174. The average molecular weight is 226 g/mol. The molecule has 1 rings (SSSR count). The van der Waals surface area contributed by atoms with E-state index in [4.69, 9.17) is 0 Å². The van der Waals surface area contributed by atoms with Gasteiger partial charge in [-0.25, -0.2) is 0 Å². The molecular formula is C14H30N2. The van der Waals surface area contributed by atoms with E-state index in [2.05, 4.69) is 37.9 Å². The molecule has 0 aromatic heterocycles. The normalized spacial score (nSPS) is 19.9. The molecular weight excluding hydrogens is 196 g/mol. The second-order valence-corrected chi connectivity index (χ2v) is 5.39. The highest BCUT2D eigenvalue weighted by molar-refractivity contribution is 4.84. The van der Waals surface area contributed by atoms with Crippen LogP contribution in [-0.4, -0.2) is 36.6 Å². The van der Waals surface area contributed by atoms with Gasteiger partial charge in [0.25, 0.3) is 0 Å². The number of nitrogens with zero attached hydrogens (tertiary/aromatic N) is 1. The monoisotopic (exact) mass is 226 g/mol. The summed E-state index contributed by atoms with van der Waals surface area (Å²) in [6, 6.07) is 1.57. The molecule has 0 amide bonds. The van der Waals surface area contributed by atoms with Crippen molar-refractivity contribution < 1.29 is 0 Å². The van der Waals surface area contributed by atoms with Gasteiger partial charge < -0.3 is 5.32 Å². The Labute approximate surface area is 102 Å². The van der Waals surface area contributed by atoms with Gasteiger partial charge in [-0.2, -0.15) is 0 Å². The van der Waals surface area contributed by atoms with Gasteiger partial charge in [0.05, 0.1) is 0 Å². The Morgan fingerprint density at radius 2 is 1.81 bits per heavy atom. The number of hydrogen-bond acceptors (Lipinski definition) is 2. The second kappa shape index (κ2) is 7.29. The van der Waals surface area contributed by atoms with Gasteiger partial charge in [-0.3, -0.25) is 4.90 Å². The van der Waals surface area contributed by atoms with E-state index in [1.807, 2.05) is 0 Å². The number of rotatable bonds is 7. The van der Waals surface area contributed by atoms with Crippen molar-refractivity contribution in [2.45, 2.75) is 65.5 Å². The molecule has 2 nitrogen and oxygen atoms in total. The summed E-state index contributed by atoms with van der Waals surface area (Å²) in [5.41, 5.74) is 0.